The number of nitrogens with zero attached hydrogens (tertiary/aromatic N) is 1. The summed E-state index contributed by atoms with van der Waals surface area (Å²) < 4.78 is 10.5. The lowest BCUT2D eigenvalue weighted by molar-refractivity contribution is -0.134. The van der Waals surface area contributed by atoms with Gasteiger partial charge >= 0.3 is 0 Å². The van der Waals surface area contributed by atoms with E-state index in [1.54, 1.807) is 26.3 Å². The van der Waals surface area contributed by atoms with E-state index in [0.29, 0.717) is 11.5 Å². The summed E-state index contributed by atoms with van der Waals surface area (Å²) in [7, 11) is 4.67. The Bertz CT molecular complexity index is 519. The van der Waals surface area contributed by atoms with Crippen LogP contribution in [0.3, 0.4) is 0 Å². The lowest BCUT2D eigenvalue weighted by Crippen LogP contribution is -2.43. The third-order valence-electron chi connectivity index (χ3n) is 3.01. The fourth-order valence-electron chi connectivity index (χ4n) is 2.00. The molecule has 1 aromatic carbocycles. The number of para-hydroxylation sites is 1. The summed E-state index contributed by atoms with van der Waals surface area (Å²) in [5.41, 5.74) is 11.5. The predicted molar refractivity (Wildman–Crippen MR) is 77.8 cm³/mol. The molecule has 116 valence electrons. The molecular formula is C14H21N3O4. The maximum absolute atomic E-state index is 12.1. The Morgan fingerprint density at radius 3 is 2.48 bits per heavy atom. The van der Waals surface area contributed by atoms with Crippen molar-refractivity contribution in [2.75, 3.05) is 21.3 Å². The minimum atomic E-state index is -0.941. The highest BCUT2D eigenvalue weighted by atomic mass is 16.5. The molecule has 0 spiro atoms. The van der Waals surface area contributed by atoms with Gasteiger partial charge in [0.25, 0.3) is 0 Å². The molecule has 0 fully saturated rings. The van der Waals surface area contributed by atoms with Crippen LogP contribution in [0.4, 0.5) is 0 Å². The standard InChI is InChI=1S/C14H21N3O4/c1-17(14(19)10(15)7-12(16)18)8-9-5-4-6-11(20-2)13(9)21-3/h4-6,10H,7-8,15H2,1-3H3,(H2,16,18). The number of carbonyl (C=O) groups excluding carboxylic acids is 2. The lowest BCUT2D eigenvalue weighted by atomic mass is 10.1. The molecule has 0 aromatic heterocycles. The first-order valence-corrected chi connectivity index (χ1v) is 6.39. The quantitative estimate of drug-likeness (QED) is 0.728. The van der Waals surface area contributed by atoms with Gasteiger partial charge in [-0.1, -0.05) is 12.1 Å². The number of benzene rings is 1. The first-order valence-electron chi connectivity index (χ1n) is 6.39. The number of methoxy groups -OCH3 is 2. The number of rotatable bonds is 7. The molecule has 1 atom stereocenters. The molecule has 4 N–H and O–H groups in total. The maximum Gasteiger partial charge on any atom is 0.240 e. The molecule has 0 bridgehead atoms. The molecule has 0 aliphatic heterocycles. The molecule has 0 saturated carbocycles. The van der Waals surface area contributed by atoms with E-state index in [2.05, 4.69) is 0 Å². The minimum Gasteiger partial charge on any atom is -0.493 e. The second-order valence-electron chi connectivity index (χ2n) is 4.62. The summed E-state index contributed by atoms with van der Waals surface area (Å²) in [6.45, 7) is 0.283. The van der Waals surface area contributed by atoms with Crippen LogP contribution in [0.1, 0.15) is 12.0 Å². The molecule has 7 nitrogen and oxygen atoms in total. The average molecular weight is 295 g/mol. The number of hydrogen-bond acceptors (Lipinski definition) is 5. The van der Waals surface area contributed by atoms with E-state index in [0.717, 1.165) is 5.56 Å². The number of hydrogen-bond donors (Lipinski definition) is 2. The Morgan fingerprint density at radius 2 is 1.95 bits per heavy atom. The molecule has 1 aromatic rings. The summed E-state index contributed by atoms with van der Waals surface area (Å²) in [4.78, 5) is 24.3. The van der Waals surface area contributed by atoms with Crippen molar-refractivity contribution in [2.45, 2.75) is 19.0 Å². The van der Waals surface area contributed by atoms with Crippen LogP contribution in [-0.4, -0.2) is 44.0 Å². The lowest BCUT2D eigenvalue weighted by Gasteiger charge is -2.22. The number of carbonyl (C=O) groups is 2. The highest BCUT2D eigenvalue weighted by Crippen LogP contribution is 2.31. The molecule has 0 heterocycles. The van der Waals surface area contributed by atoms with Crippen molar-refractivity contribution in [3.63, 3.8) is 0 Å². The summed E-state index contributed by atoms with van der Waals surface area (Å²) in [6, 6.07) is 4.45. The van der Waals surface area contributed by atoms with E-state index in [1.807, 2.05) is 6.07 Å². The van der Waals surface area contributed by atoms with Gasteiger partial charge in [0.05, 0.1) is 26.7 Å². The summed E-state index contributed by atoms with van der Waals surface area (Å²) >= 11 is 0. The summed E-state index contributed by atoms with van der Waals surface area (Å²) in [5.74, 6) is 0.169. The number of likely N-dealkylation sites (N-methyl/N-ethyl adjacent to an activating group) is 1. The van der Waals surface area contributed by atoms with Crippen molar-refractivity contribution in [1.29, 1.82) is 0 Å². The van der Waals surface area contributed by atoms with E-state index < -0.39 is 11.9 Å². The third kappa shape index (κ3) is 4.35. The minimum absolute atomic E-state index is 0.182. The van der Waals surface area contributed by atoms with Gasteiger partial charge < -0.3 is 25.8 Å². The fraction of sp³-hybridized carbons (Fsp3) is 0.429. The average Bonchev–Trinajstić information content (AvgIpc) is 2.45. The van der Waals surface area contributed by atoms with E-state index in [4.69, 9.17) is 20.9 Å². The first-order chi connectivity index (χ1) is 9.90. The topological polar surface area (TPSA) is 108 Å². The molecule has 1 rings (SSSR count). The van der Waals surface area contributed by atoms with Crippen LogP contribution in [0, 0.1) is 0 Å². The van der Waals surface area contributed by atoms with Crippen molar-refractivity contribution in [1.82, 2.24) is 4.90 Å². The number of ether oxygens (including phenoxy) is 2. The Hall–Kier alpha value is -2.28. The predicted octanol–water partition coefficient (Wildman–Crippen LogP) is -0.135. The molecule has 21 heavy (non-hydrogen) atoms. The van der Waals surface area contributed by atoms with Gasteiger partial charge in [0.2, 0.25) is 11.8 Å². The van der Waals surface area contributed by atoms with Gasteiger partial charge in [-0.05, 0) is 6.07 Å². The Morgan fingerprint density at radius 1 is 1.29 bits per heavy atom. The van der Waals surface area contributed by atoms with Crippen molar-refractivity contribution < 1.29 is 19.1 Å². The molecule has 2 amide bonds. The summed E-state index contributed by atoms with van der Waals surface area (Å²) in [5, 5.41) is 0. The van der Waals surface area contributed by atoms with Gasteiger partial charge in [0, 0.05) is 19.2 Å². The Labute approximate surface area is 123 Å². The van der Waals surface area contributed by atoms with E-state index in [9.17, 15) is 9.59 Å². The van der Waals surface area contributed by atoms with Crippen molar-refractivity contribution in [2.24, 2.45) is 11.5 Å². The van der Waals surface area contributed by atoms with E-state index >= 15 is 0 Å². The second-order valence-corrected chi connectivity index (χ2v) is 4.62. The van der Waals surface area contributed by atoms with Crippen LogP contribution in [0.2, 0.25) is 0 Å². The van der Waals surface area contributed by atoms with Gasteiger partial charge in [-0.15, -0.1) is 0 Å². The molecule has 0 aliphatic carbocycles. The first kappa shape index (κ1) is 16.8. The van der Waals surface area contributed by atoms with E-state index in [-0.39, 0.29) is 18.9 Å². The van der Waals surface area contributed by atoms with Gasteiger partial charge in [-0.2, -0.15) is 0 Å². The molecular weight excluding hydrogens is 274 g/mol. The smallest absolute Gasteiger partial charge is 0.240 e. The monoisotopic (exact) mass is 295 g/mol. The van der Waals surface area contributed by atoms with Crippen LogP contribution in [0.5, 0.6) is 11.5 Å². The van der Waals surface area contributed by atoms with Crippen LogP contribution in [0.15, 0.2) is 18.2 Å². The molecule has 0 saturated heterocycles. The van der Waals surface area contributed by atoms with Crippen molar-refractivity contribution in [3.8, 4) is 11.5 Å². The van der Waals surface area contributed by atoms with E-state index in [1.165, 1.54) is 12.0 Å². The molecule has 7 heteroatoms. The molecule has 0 aliphatic rings. The SMILES string of the molecule is COc1cccc(CN(C)C(=O)C(N)CC(N)=O)c1OC. The fourth-order valence-corrected chi connectivity index (χ4v) is 2.00. The maximum atomic E-state index is 12.1. The zero-order chi connectivity index (χ0) is 16.0. The third-order valence-corrected chi connectivity index (χ3v) is 3.01. The Balaban J connectivity index is 2.85. The van der Waals surface area contributed by atoms with Gasteiger partial charge in [-0.25, -0.2) is 0 Å². The number of amides is 2. The molecule has 1 unspecified atom stereocenters. The van der Waals surface area contributed by atoms with Crippen LogP contribution < -0.4 is 20.9 Å². The normalized spacial score (nSPS) is 11.6. The highest BCUT2D eigenvalue weighted by Gasteiger charge is 2.21. The van der Waals surface area contributed by atoms with Gasteiger partial charge in [-0.3, -0.25) is 9.59 Å². The van der Waals surface area contributed by atoms with Crippen molar-refractivity contribution in [3.05, 3.63) is 23.8 Å². The van der Waals surface area contributed by atoms with Crippen LogP contribution >= 0.6 is 0 Å². The largest absolute Gasteiger partial charge is 0.493 e. The molecule has 0 radical (unpaired) electrons. The van der Waals surface area contributed by atoms with Crippen LogP contribution in [0.25, 0.3) is 0 Å². The zero-order valence-corrected chi connectivity index (χ0v) is 12.5. The summed E-state index contributed by atoms with van der Waals surface area (Å²) in [6.07, 6.45) is -0.182. The second kappa shape index (κ2) is 7.49. The van der Waals surface area contributed by atoms with Crippen molar-refractivity contribution >= 4 is 11.8 Å². The van der Waals surface area contributed by atoms with Crippen LogP contribution in [-0.2, 0) is 16.1 Å². The zero-order valence-electron chi connectivity index (χ0n) is 12.5. The highest BCUT2D eigenvalue weighted by molar-refractivity contribution is 5.87. The van der Waals surface area contributed by atoms with Gasteiger partial charge in [0.1, 0.15) is 0 Å². The van der Waals surface area contributed by atoms with Gasteiger partial charge in [0.15, 0.2) is 11.5 Å². The number of primary amides is 1. The Kier molecular flexibility index (Phi) is 5.98. The number of nitrogens with two attached hydrogens (primary N) is 2.